The van der Waals surface area contributed by atoms with E-state index in [4.69, 9.17) is 4.74 Å². The van der Waals surface area contributed by atoms with Crippen LogP contribution in [0.1, 0.15) is 49.1 Å². The molecule has 1 atom stereocenters. The van der Waals surface area contributed by atoms with Crippen molar-refractivity contribution in [2.45, 2.75) is 43.7 Å². The van der Waals surface area contributed by atoms with E-state index in [0.717, 1.165) is 30.4 Å². The minimum absolute atomic E-state index is 0.00441. The summed E-state index contributed by atoms with van der Waals surface area (Å²) in [6.07, 6.45) is 1.20. The molecule has 1 unspecified atom stereocenters. The lowest BCUT2D eigenvalue weighted by Gasteiger charge is -2.25. The van der Waals surface area contributed by atoms with Gasteiger partial charge in [0, 0.05) is 37.2 Å². The van der Waals surface area contributed by atoms with Crippen LogP contribution in [-0.2, 0) is 21.6 Å². The van der Waals surface area contributed by atoms with Crippen molar-refractivity contribution < 1.29 is 21.9 Å². The number of hydrogen-bond donors (Lipinski definition) is 2. The topological polar surface area (TPSA) is 153 Å². The van der Waals surface area contributed by atoms with Crippen molar-refractivity contribution in [3.8, 4) is 17.2 Å². The number of nitrogens with one attached hydrogen (secondary N) is 2. The number of pyridine rings is 2. The second kappa shape index (κ2) is 11.9. The number of nitriles is 1. The molecule has 1 aromatic carbocycles. The number of sulfone groups is 1. The first-order valence-corrected chi connectivity index (χ1v) is 16.0. The lowest BCUT2D eigenvalue weighted by Crippen LogP contribution is -2.20. The summed E-state index contributed by atoms with van der Waals surface area (Å²) >= 11 is 0. The summed E-state index contributed by atoms with van der Waals surface area (Å²) in [5, 5.41) is 19.7. The minimum atomic E-state index is -3.77. The van der Waals surface area contributed by atoms with Gasteiger partial charge in [-0.2, -0.15) is 10.4 Å². The molecule has 15 heteroatoms. The van der Waals surface area contributed by atoms with E-state index >= 15 is 0 Å². The molecule has 0 radical (unpaired) electrons. The summed E-state index contributed by atoms with van der Waals surface area (Å²) in [5.41, 5.74) is 3.11. The molecule has 2 N–H and O–H groups in total. The zero-order chi connectivity index (χ0) is 31.9. The standard InChI is InChI=1S/C30H29F2N9O3S/c1-17-20(16-34-40(17)2)18-10-11-21(23(13-18)45(3,42)43)36-22-14-25(37-24-8-6-7-19(15-33)35-24)38-29-27(22)39-30(28(31)32)41(29)26-9-4-5-12-44-26/h6-8,10-11,13-14,16,26,28H,4-5,9,12H2,1-3H3,(H2,35,36,37,38). The van der Waals surface area contributed by atoms with Gasteiger partial charge in [0.1, 0.15) is 35.1 Å². The van der Waals surface area contributed by atoms with Crippen LogP contribution in [-0.4, -0.2) is 50.6 Å². The summed E-state index contributed by atoms with van der Waals surface area (Å²) in [5.74, 6) is -0.0113. The number of alkyl halides is 2. The Labute approximate surface area is 257 Å². The number of benzene rings is 1. The number of ether oxygens (including phenoxy) is 1. The van der Waals surface area contributed by atoms with Crippen molar-refractivity contribution in [1.29, 1.82) is 5.26 Å². The summed E-state index contributed by atoms with van der Waals surface area (Å²) < 4.78 is 63.8. The maximum absolute atomic E-state index is 14.4. The number of rotatable bonds is 8. The third-order valence-electron chi connectivity index (χ3n) is 7.63. The Kier molecular flexibility index (Phi) is 7.94. The third kappa shape index (κ3) is 5.94. The quantitative estimate of drug-likeness (QED) is 0.210. The van der Waals surface area contributed by atoms with Gasteiger partial charge in [0.25, 0.3) is 6.43 Å². The monoisotopic (exact) mass is 633 g/mol. The van der Waals surface area contributed by atoms with E-state index in [1.54, 1.807) is 54.3 Å². The Morgan fingerprint density at radius 2 is 1.89 bits per heavy atom. The van der Waals surface area contributed by atoms with E-state index < -0.39 is 28.3 Å². The second-order valence-electron chi connectivity index (χ2n) is 10.7. The van der Waals surface area contributed by atoms with E-state index in [9.17, 15) is 22.5 Å². The zero-order valence-electron chi connectivity index (χ0n) is 24.6. The van der Waals surface area contributed by atoms with Gasteiger partial charge in [0.2, 0.25) is 0 Å². The number of aromatic nitrogens is 6. The molecule has 232 valence electrons. The summed E-state index contributed by atoms with van der Waals surface area (Å²) in [7, 11) is -1.98. The highest BCUT2D eigenvalue weighted by atomic mass is 32.2. The summed E-state index contributed by atoms with van der Waals surface area (Å²) in [6.45, 7) is 2.28. The van der Waals surface area contributed by atoms with Gasteiger partial charge in [0.05, 0.1) is 22.5 Å². The molecule has 0 spiro atoms. The molecule has 0 amide bonds. The van der Waals surface area contributed by atoms with Crippen LogP contribution in [0.2, 0.25) is 0 Å². The smallest absolute Gasteiger partial charge is 0.295 e. The first kappa shape index (κ1) is 30.1. The predicted molar refractivity (Wildman–Crippen MR) is 163 cm³/mol. The normalized spacial score (nSPS) is 15.4. The number of hydrogen-bond acceptors (Lipinski definition) is 10. The molecule has 1 aliphatic rings. The van der Waals surface area contributed by atoms with E-state index in [0.29, 0.717) is 24.4 Å². The van der Waals surface area contributed by atoms with Crippen LogP contribution in [0.15, 0.2) is 53.6 Å². The van der Waals surface area contributed by atoms with Crippen molar-refractivity contribution in [1.82, 2.24) is 29.3 Å². The van der Waals surface area contributed by atoms with Crippen LogP contribution in [0, 0.1) is 18.3 Å². The van der Waals surface area contributed by atoms with Crippen LogP contribution in [0.4, 0.5) is 31.8 Å². The Morgan fingerprint density at radius 3 is 2.56 bits per heavy atom. The van der Waals surface area contributed by atoms with Gasteiger partial charge in [-0.3, -0.25) is 9.25 Å². The molecule has 1 saturated heterocycles. The fourth-order valence-corrected chi connectivity index (χ4v) is 6.19. The van der Waals surface area contributed by atoms with Crippen molar-refractivity contribution in [3.05, 3.63) is 65.9 Å². The minimum Gasteiger partial charge on any atom is -0.358 e. The Balaban J connectivity index is 1.53. The molecule has 5 heterocycles. The maximum atomic E-state index is 14.4. The fraction of sp³-hybridized carbons (Fsp3) is 0.300. The van der Waals surface area contributed by atoms with E-state index in [2.05, 4.69) is 30.7 Å². The number of imidazole rings is 1. The van der Waals surface area contributed by atoms with Gasteiger partial charge in [-0.05, 0) is 56.0 Å². The highest BCUT2D eigenvalue weighted by Gasteiger charge is 2.29. The summed E-state index contributed by atoms with van der Waals surface area (Å²) in [4.78, 5) is 13.1. The molecule has 1 fully saturated rings. The molecule has 5 aromatic rings. The van der Waals surface area contributed by atoms with Crippen LogP contribution in [0.3, 0.4) is 0 Å². The van der Waals surface area contributed by atoms with E-state index in [-0.39, 0.29) is 38.9 Å². The molecular weight excluding hydrogens is 604 g/mol. The van der Waals surface area contributed by atoms with Crippen molar-refractivity contribution in [2.75, 3.05) is 23.5 Å². The van der Waals surface area contributed by atoms with Gasteiger partial charge in [0.15, 0.2) is 21.3 Å². The Morgan fingerprint density at radius 1 is 1.07 bits per heavy atom. The van der Waals surface area contributed by atoms with Crippen LogP contribution in [0.5, 0.6) is 0 Å². The molecule has 45 heavy (non-hydrogen) atoms. The van der Waals surface area contributed by atoms with Gasteiger partial charge < -0.3 is 15.4 Å². The molecule has 0 saturated carbocycles. The number of halogens is 2. The first-order valence-electron chi connectivity index (χ1n) is 14.1. The van der Waals surface area contributed by atoms with Gasteiger partial charge >= 0.3 is 0 Å². The lowest BCUT2D eigenvalue weighted by molar-refractivity contribution is -0.0363. The Hall–Kier alpha value is -4.94. The highest BCUT2D eigenvalue weighted by molar-refractivity contribution is 7.90. The predicted octanol–water partition coefficient (Wildman–Crippen LogP) is 5.93. The largest absolute Gasteiger partial charge is 0.358 e. The fourth-order valence-electron chi connectivity index (χ4n) is 5.33. The SMILES string of the molecule is Cc1c(-c2ccc(Nc3cc(Nc4cccc(C#N)n4)nc4c3nc(C(F)F)n4C3CCCCO3)c(S(C)(=O)=O)c2)cnn1C. The van der Waals surface area contributed by atoms with E-state index in [1.165, 1.54) is 10.6 Å². The van der Waals surface area contributed by atoms with Crippen molar-refractivity contribution in [3.63, 3.8) is 0 Å². The van der Waals surface area contributed by atoms with Crippen molar-refractivity contribution in [2.24, 2.45) is 7.05 Å². The number of nitrogens with zero attached hydrogens (tertiary/aromatic N) is 7. The molecule has 4 aromatic heterocycles. The Bertz CT molecular complexity index is 2060. The number of anilines is 4. The average Bonchev–Trinajstić information content (AvgIpc) is 3.57. The molecule has 1 aliphatic heterocycles. The number of aryl methyl sites for hydroxylation is 1. The molecule has 6 rings (SSSR count). The first-order chi connectivity index (χ1) is 21.5. The van der Waals surface area contributed by atoms with Gasteiger partial charge in [-0.1, -0.05) is 12.1 Å². The van der Waals surface area contributed by atoms with Crippen LogP contribution >= 0.6 is 0 Å². The highest BCUT2D eigenvalue weighted by Crippen LogP contribution is 2.38. The average molecular weight is 634 g/mol. The molecular formula is C30H29F2N9O3S. The van der Waals surface area contributed by atoms with Crippen molar-refractivity contribution >= 4 is 44.0 Å². The molecule has 0 aliphatic carbocycles. The molecule has 0 bridgehead atoms. The van der Waals surface area contributed by atoms with Crippen LogP contribution in [0.25, 0.3) is 22.3 Å². The van der Waals surface area contributed by atoms with Crippen LogP contribution < -0.4 is 10.6 Å². The van der Waals surface area contributed by atoms with Gasteiger partial charge in [-0.25, -0.2) is 32.2 Å². The second-order valence-corrected chi connectivity index (χ2v) is 12.7. The van der Waals surface area contributed by atoms with E-state index in [1.807, 2.05) is 13.0 Å². The molecule has 12 nitrogen and oxygen atoms in total. The summed E-state index contributed by atoms with van der Waals surface area (Å²) in [6, 6.07) is 13.3. The lowest BCUT2D eigenvalue weighted by atomic mass is 10.1. The maximum Gasteiger partial charge on any atom is 0.295 e. The van der Waals surface area contributed by atoms with Gasteiger partial charge in [-0.15, -0.1) is 0 Å². The third-order valence-corrected chi connectivity index (χ3v) is 8.77. The zero-order valence-corrected chi connectivity index (χ0v) is 25.4. The number of fused-ring (bicyclic) bond motifs is 1.